The van der Waals surface area contributed by atoms with Gasteiger partial charge in [-0.3, -0.25) is 0 Å². The first-order valence-corrected chi connectivity index (χ1v) is 12.4. The van der Waals surface area contributed by atoms with Crippen molar-refractivity contribution in [2.24, 2.45) is 0 Å². The molecule has 0 saturated carbocycles. The van der Waals surface area contributed by atoms with Crippen LogP contribution >= 0.6 is 11.6 Å². The number of rotatable bonds is 5. The van der Waals surface area contributed by atoms with Gasteiger partial charge in [0.05, 0.1) is 17.9 Å². The lowest BCUT2D eigenvalue weighted by Crippen LogP contribution is -2.28. The smallest absolute Gasteiger partial charge is 0.337 e. The molecule has 7 heteroatoms. The summed E-state index contributed by atoms with van der Waals surface area (Å²) in [6.07, 6.45) is 4.55. The molecule has 0 fully saturated rings. The molecule has 1 N–H and O–H groups in total. The van der Waals surface area contributed by atoms with Gasteiger partial charge in [-0.25, -0.2) is 9.78 Å². The molecule has 1 atom stereocenters. The Hall–Kier alpha value is -3.35. The number of carbonyl (C=O) groups is 1. The zero-order valence-electron chi connectivity index (χ0n) is 20.8. The SMILES string of the molecule is Cc1cn2cc(-c3cccc(Cl)c3)nc2c(-c2ccc3c(c2)CCCO3)c1C(OC(C)(C)C)C(=O)O. The molecule has 186 valence electrons. The van der Waals surface area contributed by atoms with E-state index in [0.29, 0.717) is 22.8 Å². The van der Waals surface area contributed by atoms with Crippen LogP contribution in [0.1, 0.15) is 50.0 Å². The molecule has 0 aliphatic carbocycles. The molecule has 5 rings (SSSR count). The lowest BCUT2D eigenvalue weighted by molar-refractivity contribution is -0.160. The molecule has 1 unspecified atom stereocenters. The number of hydrogen-bond acceptors (Lipinski definition) is 4. The summed E-state index contributed by atoms with van der Waals surface area (Å²) in [4.78, 5) is 17.5. The zero-order valence-corrected chi connectivity index (χ0v) is 21.6. The van der Waals surface area contributed by atoms with Crippen molar-refractivity contribution >= 4 is 23.2 Å². The summed E-state index contributed by atoms with van der Waals surface area (Å²) in [7, 11) is 0. The number of pyridine rings is 1. The number of hydrogen-bond donors (Lipinski definition) is 1. The van der Waals surface area contributed by atoms with E-state index >= 15 is 0 Å². The third-order valence-electron chi connectivity index (χ3n) is 6.26. The van der Waals surface area contributed by atoms with Crippen LogP contribution in [0.25, 0.3) is 28.0 Å². The van der Waals surface area contributed by atoms with Gasteiger partial charge in [0.1, 0.15) is 11.4 Å². The number of ether oxygens (including phenoxy) is 2. The molecule has 6 nitrogen and oxygen atoms in total. The second-order valence-corrected chi connectivity index (χ2v) is 10.6. The molecule has 0 radical (unpaired) electrons. The maximum atomic E-state index is 12.6. The van der Waals surface area contributed by atoms with E-state index in [1.54, 1.807) is 0 Å². The van der Waals surface area contributed by atoms with E-state index in [-0.39, 0.29) is 0 Å². The van der Waals surface area contributed by atoms with Crippen LogP contribution in [-0.2, 0) is 16.0 Å². The summed E-state index contributed by atoms with van der Waals surface area (Å²) in [5.41, 5.74) is 5.77. The van der Waals surface area contributed by atoms with Crippen LogP contribution in [0.2, 0.25) is 5.02 Å². The minimum absolute atomic E-state index is 0.602. The van der Waals surface area contributed by atoms with Crippen molar-refractivity contribution in [1.82, 2.24) is 9.38 Å². The quantitative estimate of drug-likeness (QED) is 0.320. The number of benzene rings is 2. The van der Waals surface area contributed by atoms with E-state index in [1.807, 2.05) is 80.9 Å². The summed E-state index contributed by atoms with van der Waals surface area (Å²) >= 11 is 6.25. The Morgan fingerprint density at radius 1 is 1.17 bits per heavy atom. The molecule has 0 bridgehead atoms. The van der Waals surface area contributed by atoms with Gasteiger partial charge in [0.15, 0.2) is 6.10 Å². The van der Waals surface area contributed by atoms with Gasteiger partial charge in [0.2, 0.25) is 0 Å². The first-order valence-electron chi connectivity index (χ1n) is 12.1. The number of aliphatic carboxylic acids is 1. The van der Waals surface area contributed by atoms with Crippen LogP contribution in [0.15, 0.2) is 54.9 Å². The highest BCUT2D eigenvalue weighted by atomic mass is 35.5. The third kappa shape index (κ3) is 4.71. The second kappa shape index (κ2) is 9.26. The van der Waals surface area contributed by atoms with Crippen LogP contribution in [0.4, 0.5) is 0 Å². The molecule has 0 saturated heterocycles. The standard InChI is InChI=1S/C29H29ClN2O4/c1-17-15-32-16-22(18-7-5-9-21(30)14-18)31-27(32)25(24(17)26(28(33)34)36-29(2,3)4)20-10-11-23-19(13-20)8-6-12-35-23/h5,7,9-11,13-16,26H,6,8,12H2,1-4H3,(H,33,34). The number of fused-ring (bicyclic) bond motifs is 2. The molecule has 36 heavy (non-hydrogen) atoms. The van der Waals surface area contributed by atoms with Crippen molar-refractivity contribution < 1.29 is 19.4 Å². The van der Waals surface area contributed by atoms with E-state index in [1.165, 1.54) is 0 Å². The van der Waals surface area contributed by atoms with Gasteiger partial charge in [0.25, 0.3) is 0 Å². The number of aromatic nitrogens is 2. The number of imidazole rings is 1. The number of nitrogens with zero attached hydrogens (tertiary/aromatic N) is 2. The van der Waals surface area contributed by atoms with E-state index in [9.17, 15) is 9.90 Å². The molecule has 0 spiro atoms. The van der Waals surface area contributed by atoms with Gasteiger partial charge in [-0.05, 0) is 81.5 Å². The van der Waals surface area contributed by atoms with Crippen molar-refractivity contribution in [3.05, 3.63) is 76.6 Å². The van der Waals surface area contributed by atoms with Gasteiger partial charge in [-0.15, -0.1) is 0 Å². The van der Waals surface area contributed by atoms with Gasteiger partial charge in [-0.2, -0.15) is 0 Å². The highest BCUT2D eigenvalue weighted by Gasteiger charge is 2.32. The van der Waals surface area contributed by atoms with Crippen molar-refractivity contribution in [1.29, 1.82) is 0 Å². The van der Waals surface area contributed by atoms with Crippen LogP contribution in [0.3, 0.4) is 0 Å². The number of carboxylic acid groups (broad SMARTS) is 1. The molecular formula is C29H29ClN2O4. The average Bonchev–Trinajstić information content (AvgIpc) is 3.24. The summed E-state index contributed by atoms with van der Waals surface area (Å²) in [5.74, 6) is -0.166. The van der Waals surface area contributed by atoms with Crippen LogP contribution in [-0.4, -0.2) is 32.7 Å². The van der Waals surface area contributed by atoms with Gasteiger partial charge in [0, 0.05) is 34.1 Å². The van der Waals surface area contributed by atoms with E-state index in [2.05, 4.69) is 6.07 Å². The zero-order chi connectivity index (χ0) is 25.6. The van der Waals surface area contributed by atoms with Crippen molar-refractivity contribution in [3.63, 3.8) is 0 Å². The summed E-state index contributed by atoms with van der Waals surface area (Å²) < 4.78 is 13.9. The van der Waals surface area contributed by atoms with E-state index in [0.717, 1.165) is 52.1 Å². The fourth-order valence-electron chi connectivity index (χ4n) is 4.78. The van der Waals surface area contributed by atoms with Gasteiger partial charge >= 0.3 is 5.97 Å². The predicted octanol–water partition coefficient (Wildman–Crippen LogP) is 6.90. The summed E-state index contributed by atoms with van der Waals surface area (Å²) in [6, 6.07) is 13.6. The molecular weight excluding hydrogens is 476 g/mol. The Labute approximate surface area is 215 Å². The Kier molecular flexibility index (Phi) is 6.27. The van der Waals surface area contributed by atoms with Crippen molar-refractivity contribution in [2.75, 3.05) is 6.61 Å². The largest absolute Gasteiger partial charge is 0.493 e. The second-order valence-electron chi connectivity index (χ2n) is 10.2. The highest BCUT2D eigenvalue weighted by molar-refractivity contribution is 6.30. The van der Waals surface area contributed by atoms with Crippen molar-refractivity contribution in [3.8, 4) is 28.1 Å². The molecule has 2 aromatic carbocycles. The molecule has 0 amide bonds. The molecule has 4 aromatic rings. The number of carboxylic acids is 1. The molecule has 1 aliphatic rings. The minimum atomic E-state index is -1.16. The van der Waals surface area contributed by atoms with Gasteiger partial charge < -0.3 is 19.0 Å². The summed E-state index contributed by atoms with van der Waals surface area (Å²) in [5, 5.41) is 10.9. The minimum Gasteiger partial charge on any atom is -0.493 e. The lowest BCUT2D eigenvalue weighted by Gasteiger charge is -2.28. The monoisotopic (exact) mass is 504 g/mol. The lowest BCUT2D eigenvalue weighted by atomic mass is 9.91. The van der Waals surface area contributed by atoms with E-state index in [4.69, 9.17) is 26.1 Å². The highest BCUT2D eigenvalue weighted by Crippen LogP contribution is 2.40. The fourth-order valence-corrected chi connectivity index (χ4v) is 4.97. The Bertz CT molecular complexity index is 1470. The molecule has 2 aromatic heterocycles. The average molecular weight is 505 g/mol. The maximum absolute atomic E-state index is 12.6. The first-order chi connectivity index (χ1) is 17.1. The maximum Gasteiger partial charge on any atom is 0.337 e. The third-order valence-corrected chi connectivity index (χ3v) is 6.49. The van der Waals surface area contributed by atoms with Crippen LogP contribution in [0.5, 0.6) is 5.75 Å². The van der Waals surface area contributed by atoms with E-state index < -0.39 is 17.7 Å². The first kappa shape index (κ1) is 24.3. The van der Waals surface area contributed by atoms with Crippen molar-refractivity contribution in [2.45, 2.75) is 52.2 Å². The number of aryl methyl sites for hydroxylation is 2. The Morgan fingerprint density at radius 3 is 2.69 bits per heavy atom. The van der Waals surface area contributed by atoms with Crippen LogP contribution in [0, 0.1) is 6.92 Å². The fraction of sp³-hybridized carbons (Fsp3) is 0.310. The molecule has 1 aliphatic heterocycles. The molecule has 3 heterocycles. The Morgan fingerprint density at radius 2 is 1.97 bits per heavy atom. The Balaban J connectivity index is 1.80. The summed E-state index contributed by atoms with van der Waals surface area (Å²) in [6.45, 7) is 8.20. The number of halogens is 1. The van der Waals surface area contributed by atoms with Gasteiger partial charge in [-0.1, -0.05) is 29.8 Å². The topological polar surface area (TPSA) is 73.1 Å². The predicted molar refractivity (Wildman–Crippen MR) is 141 cm³/mol. The normalized spacial score (nSPS) is 14.4. The van der Waals surface area contributed by atoms with Crippen LogP contribution < -0.4 is 4.74 Å².